The van der Waals surface area contributed by atoms with E-state index >= 15 is 0 Å². The molecular formula is C18H14O6S. The molecule has 0 aliphatic rings. The van der Waals surface area contributed by atoms with Gasteiger partial charge < -0.3 is 14.0 Å². The second-order valence-corrected chi connectivity index (χ2v) is 6.76. The van der Waals surface area contributed by atoms with Crippen molar-refractivity contribution in [2.75, 3.05) is 7.11 Å². The van der Waals surface area contributed by atoms with Gasteiger partial charge in [0.1, 0.15) is 22.0 Å². The molecule has 3 rings (SSSR count). The van der Waals surface area contributed by atoms with Crippen LogP contribution in [0.3, 0.4) is 0 Å². The summed E-state index contributed by atoms with van der Waals surface area (Å²) in [5.74, 6) is -1.08. The molecule has 6 nitrogen and oxygen atoms in total. The number of carbonyl (C=O) groups is 1. The molecule has 0 bridgehead atoms. The average Bonchev–Trinajstić information content (AvgIpc) is 2.60. The first-order valence-corrected chi connectivity index (χ1v) is 8.66. The zero-order valence-electron chi connectivity index (χ0n) is 13.2. The fourth-order valence-corrected chi connectivity index (χ4v) is 3.35. The molecule has 0 aliphatic heterocycles. The fourth-order valence-electron chi connectivity index (χ4n) is 2.40. The SMILES string of the molecule is COc1ccc(S(=O)(=O)Oc2ccc3ccccc3c2)cc1C(=O)O. The lowest BCUT2D eigenvalue weighted by molar-refractivity contribution is 0.0693. The highest BCUT2D eigenvalue weighted by Gasteiger charge is 2.21. The largest absolute Gasteiger partial charge is 0.496 e. The van der Waals surface area contributed by atoms with E-state index in [1.54, 1.807) is 18.2 Å². The first-order valence-electron chi connectivity index (χ1n) is 7.25. The number of ether oxygens (including phenoxy) is 1. The van der Waals surface area contributed by atoms with Crippen LogP contribution in [0.1, 0.15) is 10.4 Å². The van der Waals surface area contributed by atoms with Gasteiger partial charge in [-0.15, -0.1) is 0 Å². The van der Waals surface area contributed by atoms with Gasteiger partial charge in [-0.25, -0.2) is 4.79 Å². The Hall–Kier alpha value is -3.06. The summed E-state index contributed by atoms with van der Waals surface area (Å²) in [5.41, 5.74) is -0.259. The molecule has 0 aromatic heterocycles. The normalized spacial score (nSPS) is 11.2. The Bertz CT molecular complexity index is 1060. The van der Waals surface area contributed by atoms with Crippen LogP contribution >= 0.6 is 0 Å². The molecule has 128 valence electrons. The molecule has 25 heavy (non-hydrogen) atoms. The number of fused-ring (bicyclic) bond motifs is 1. The number of aromatic carboxylic acids is 1. The van der Waals surface area contributed by atoms with Crippen molar-refractivity contribution in [3.05, 3.63) is 66.2 Å². The van der Waals surface area contributed by atoms with Crippen LogP contribution in [0.2, 0.25) is 0 Å². The second-order valence-electron chi connectivity index (χ2n) is 5.21. The molecule has 3 aromatic rings. The summed E-state index contributed by atoms with van der Waals surface area (Å²) >= 11 is 0. The van der Waals surface area contributed by atoms with Crippen molar-refractivity contribution >= 4 is 26.9 Å². The number of hydrogen-bond donors (Lipinski definition) is 1. The molecule has 0 saturated heterocycles. The zero-order valence-corrected chi connectivity index (χ0v) is 14.0. The van der Waals surface area contributed by atoms with Crippen LogP contribution in [0, 0.1) is 0 Å². The lowest BCUT2D eigenvalue weighted by Crippen LogP contribution is -2.11. The van der Waals surface area contributed by atoms with Crippen LogP contribution in [0.5, 0.6) is 11.5 Å². The third-order valence-electron chi connectivity index (χ3n) is 3.62. The summed E-state index contributed by atoms with van der Waals surface area (Å²) in [4.78, 5) is 11.0. The summed E-state index contributed by atoms with van der Waals surface area (Å²) in [5, 5.41) is 11.0. The van der Waals surface area contributed by atoms with Crippen LogP contribution in [-0.2, 0) is 10.1 Å². The van der Waals surface area contributed by atoms with E-state index in [0.717, 1.165) is 16.8 Å². The topological polar surface area (TPSA) is 89.9 Å². The van der Waals surface area contributed by atoms with Crippen molar-refractivity contribution < 1.29 is 27.2 Å². The maximum absolute atomic E-state index is 12.5. The highest BCUT2D eigenvalue weighted by Crippen LogP contribution is 2.27. The molecule has 0 atom stereocenters. The molecule has 0 fully saturated rings. The summed E-state index contributed by atoms with van der Waals surface area (Å²) < 4.78 is 35.0. The van der Waals surface area contributed by atoms with Gasteiger partial charge in [0.15, 0.2) is 0 Å². The molecule has 0 heterocycles. The highest BCUT2D eigenvalue weighted by molar-refractivity contribution is 7.87. The van der Waals surface area contributed by atoms with E-state index in [0.29, 0.717) is 0 Å². The maximum atomic E-state index is 12.5. The number of carboxylic acids is 1. The van der Waals surface area contributed by atoms with E-state index in [1.807, 2.05) is 24.3 Å². The third kappa shape index (κ3) is 3.41. The molecular weight excluding hydrogens is 344 g/mol. The predicted octanol–water partition coefficient (Wildman–Crippen LogP) is 3.31. The molecule has 0 unspecified atom stereocenters. The van der Waals surface area contributed by atoms with Crippen LogP contribution in [0.15, 0.2) is 65.6 Å². The summed E-state index contributed by atoms with van der Waals surface area (Å²) in [6.07, 6.45) is 0. The molecule has 3 aromatic carbocycles. The van der Waals surface area contributed by atoms with Gasteiger partial charge >= 0.3 is 16.1 Å². The number of benzene rings is 3. The number of methoxy groups -OCH3 is 1. The minimum Gasteiger partial charge on any atom is -0.496 e. The van der Waals surface area contributed by atoms with Gasteiger partial charge in [-0.1, -0.05) is 30.3 Å². The van der Waals surface area contributed by atoms with E-state index in [4.69, 9.17) is 8.92 Å². The van der Waals surface area contributed by atoms with Crippen molar-refractivity contribution in [2.45, 2.75) is 4.90 Å². The van der Waals surface area contributed by atoms with Gasteiger partial charge in [0.2, 0.25) is 0 Å². The molecule has 0 aliphatic carbocycles. The minimum absolute atomic E-state index is 0.0668. The van der Waals surface area contributed by atoms with Crippen LogP contribution in [-0.4, -0.2) is 26.6 Å². The molecule has 0 saturated carbocycles. The summed E-state index contributed by atoms with van der Waals surface area (Å²) in [7, 11) is -2.87. The van der Waals surface area contributed by atoms with Crippen molar-refractivity contribution in [3.63, 3.8) is 0 Å². The molecule has 1 N–H and O–H groups in total. The zero-order chi connectivity index (χ0) is 18.0. The molecule has 7 heteroatoms. The van der Waals surface area contributed by atoms with Crippen LogP contribution < -0.4 is 8.92 Å². The van der Waals surface area contributed by atoms with Gasteiger partial charge in [-0.05, 0) is 41.1 Å². The fraction of sp³-hybridized carbons (Fsp3) is 0.0556. The monoisotopic (exact) mass is 358 g/mol. The van der Waals surface area contributed by atoms with Gasteiger partial charge in [0, 0.05) is 0 Å². The lowest BCUT2D eigenvalue weighted by Gasteiger charge is -2.10. The Morgan fingerprint density at radius 2 is 1.68 bits per heavy atom. The number of hydrogen-bond acceptors (Lipinski definition) is 5. The van der Waals surface area contributed by atoms with E-state index < -0.39 is 16.1 Å². The summed E-state index contributed by atoms with van der Waals surface area (Å²) in [6.45, 7) is 0. The molecule has 0 spiro atoms. The second kappa shape index (κ2) is 6.45. The van der Waals surface area contributed by atoms with E-state index in [1.165, 1.54) is 19.2 Å². The van der Waals surface area contributed by atoms with Gasteiger partial charge in [-0.3, -0.25) is 0 Å². The molecule has 0 amide bonds. The van der Waals surface area contributed by atoms with Crippen molar-refractivity contribution in [1.29, 1.82) is 0 Å². The quantitative estimate of drug-likeness (QED) is 0.704. The van der Waals surface area contributed by atoms with Gasteiger partial charge in [-0.2, -0.15) is 8.42 Å². The van der Waals surface area contributed by atoms with Gasteiger partial charge in [0.25, 0.3) is 0 Å². The Labute approximate surface area is 144 Å². The van der Waals surface area contributed by atoms with Crippen molar-refractivity contribution in [3.8, 4) is 11.5 Å². The Balaban J connectivity index is 1.98. The lowest BCUT2D eigenvalue weighted by atomic mass is 10.1. The van der Waals surface area contributed by atoms with E-state index in [2.05, 4.69) is 0 Å². The summed E-state index contributed by atoms with van der Waals surface area (Å²) in [6, 6.07) is 15.9. The number of carboxylic acid groups (broad SMARTS) is 1. The maximum Gasteiger partial charge on any atom is 0.339 e. The predicted molar refractivity (Wildman–Crippen MR) is 91.7 cm³/mol. The Morgan fingerprint density at radius 1 is 0.960 bits per heavy atom. The third-order valence-corrected chi connectivity index (χ3v) is 4.86. The van der Waals surface area contributed by atoms with Gasteiger partial charge in [0.05, 0.1) is 7.11 Å². The van der Waals surface area contributed by atoms with E-state index in [-0.39, 0.29) is 22.0 Å². The van der Waals surface area contributed by atoms with Crippen molar-refractivity contribution in [2.24, 2.45) is 0 Å². The Kier molecular flexibility index (Phi) is 4.33. The smallest absolute Gasteiger partial charge is 0.339 e. The number of rotatable bonds is 5. The highest BCUT2D eigenvalue weighted by atomic mass is 32.2. The standard InChI is InChI=1S/C18H14O6S/c1-23-17-9-8-15(11-16(17)18(19)20)25(21,22)24-14-7-6-12-4-2-3-5-13(12)10-14/h2-11H,1H3,(H,19,20). The van der Waals surface area contributed by atoms with Crippen molar-refractivity contribution in [1.82, 2.24) is 0 Å². The van der Waals surface area contributed by atoms with E-state index in [9.17, 15) is 18.3 Å². The first kappa shape index (κ1) is 16.8. The average molecular weight is 358 g/mol. The minimum atomic E-state index is -4.18. The van der Waals surface area contributed by atoms with Crippen LogP contribution in [0.25, 0.3) is 10.8 Å². The Morgan fingerprint density at radius 3 is 2.36 bits per heavy atom. The van der Waals surface area contributed by atoms with Crippen LogP contribution in [0.4, 0.5) is 0 Å². The molecule has 0 radical (unpaired) electrons. The first-order chi connectivity index (χ1) is 11.9.